The Morgan fingerprint density at radius 3 is 2.29 bits per heavy atom. The Balaban J connectivity index is 1.40. The van der Waals surface area contributed by atoms with Gasteiger partial charge in [-0.2, -0.15) is 0 Å². The van der Waals surface area contributed by atoms with Gasteiger partial charge in [0.25, 0.3) is 0 Å². The van der Waals surface area contributed by atoms with Crippen LogP contribution in [0.1, 0.15) is 27.4 Å². The van der Waals surface area contributed by atoms with Crippen LogP contribution in [0.15, 0.2) is 67.0 Å². The zero-order valence-electron chi connectivity index (χ0n) is 18.4. The highest BCUT2D eigenvalue weighted by Crippen LogP contribution is 2.44. The molecule has 3 aromatic rings. The van der Waals surface area contributed by atoms with E-state index >= 15 is 0 Å². The fraction of sp³-hybridized carbons (Fsp3) is 0.200. The predicted molar refractivity (Wildman–Crippen MR) is 124 cm³/mol. The Morgan fingerprint density at radius 1 is 1.03 bits per heavy atom. The second-order valence-corrected chi connectivity index (χ2v) is 7.73. The van der Waals surface area contributed by atoms with Crippen LogP contribution in [-0.2, 0) is 14.3 Å². The van der Waals surface area contributed by atoms with E-state index in [1.54, 1.807) is 0 Å². The lowest BCUT2D eigenvalue weighted by atomic mass is 9.98. The average molecular weight is 461 g/mol. The molecule has 34 heavy (non-hydrogen) atoms. The lowest BCUT2D eigenvalue weighted by molar-refractivity contribution is -0.119. The van der Waals surface area contributed by atoms with Gasteiger partial charge >= 0.3 is 12.1 Å². The number of carbonyl (C=O) groups excluding carboxylic acids is 2. The molecular weight excluding hydrogens is 438 g/mol. The maximum Gasteiger partial charge on any atom is 0.407 e. The molecule has 1 heterocycles. The summed E-state index contributed by atoms with van der Waals surface area (Å²) in [6.07, 6.45) is 1.71. The average Bonchev–Trinajstić information content (AvgIpc) is 3.16. The van der Waals surface area contributed by atoms with Crippen molar-refractivity contribution in [2.75, 3.05) is 25.6 Å². The summed E-state index contributed by atoms with van der Waals surface area (Å²) >= 11 is 0. The quantitative estimate of drug-likeness (QED) is 0.470. The molecule has 3 N–H and O–H groups in total. The highest BCUT2D eigenvalue weighted by Gasteiger charge is 2.30. The molecule has 1 atom stereocenters. The number of benzene rings is 2. The molecular formula is C25H23N3O6. The van der Waals surface area contributed by atoms with Crippen molar-refractivity contribution in [3.63, 3.8) is 0 Å². The molecule has 9 heteroatoms. The van der Waals surface area contributed by atoms with E-state index in [2.05, 4.69) is 15.6 Å². The standard InChI is InChI=1S/C25H23N3O6/c1-33-14-22(23(29)27-16-10-15(24(30)31)11-26-12-16)28-25(32)34-13-21-19-8-4-2-6-17(19)18-7-3-5-9-20(18)21/h2-12,21-22H,13-14H2,1H3,(H,27,29)(H,28,32)(H,30,31). The fourth-order valence-corrected chi connectivity index (χ4v) is 3.99. The number of pyridine rings is 1. The summed E-state index contributed by atoms with van der Waals surface area (Å²) in [5.74, 6) is -1.88. The number of methoxy groups -OCH3 is 1. The van der Waals surface area contributed by atoms with E-state index in [9.17, 15) is 14.4 Å². The number of hydrogen-bond donors (Lipinski definition) is 3. The van der Waals surface area contributed by atoms with Gasteiger partial charge in [0.05, 0.1) is 24.1 Å². The summed E-state index contributed by atoms with van der Waals surface area (Å²) in [6, 6.07) is 16.2. The van der Waals surface area contributed by atoms with Crippen LogP contribution in [0.3, 0.4) is 0 Å². The summed E-state index contributed by atoms with van der Waals surface area (Å²) in [5.41, 5.74) is 4.48. The van der Waals surface area contributed by atoms with Crippen LogP contribution in [0, 0.1) is 0 Å². The molecule has 0 aliphatic heterocycles. The van der Waals surface area contributed by atoms with Gasteiger partial charge in [-0.1, -0.05) is 48.5 Å². The number of carbonyl (C=O) groups is 3. The molecule has 4 rings (SSSR count). The van der Waals surface area contributed by atoms with Crippen LogP contribution in [0.2, 0.25) is 0 Å². The number of ether oxygens (including phenoxy) is 2. The number of nitrogens with one attached hydrogen (secondary N) is 2. The minimum atomic E-state index is -1.17. The van der Waals surface area contributed by atoms with Crippen molar-refractivity contribution in [1.29, 1.82) is 0 Å². The van der Waals surface area contributed by atoms with Crippen molar-refractivity contribution in [3.05, 3.63) is 83.7 Å². The summed E-state index contributed by atoms with van der Waals surface area (Å²) < 4.78 is 10.5. The van der Waals surface area contributed by atoms with Gasteiger partial charge in [0.1, 0.15) is 12.6 Å². The first-order chi connectivity index (χ1) is 16.5. The van der Waals surface area contributed by atoms with Crippen molar-refractivity contribution in [2.45, 2.75) is 12.0 Å². The number of carboxylic acid groups (broad SMARTS) is 1. The molecule has 0 radical (unpaired) electrons. The number of carboxylic acids is 1. The lowest BCUT2D eigenvalue weighted by Gasteiger charge is -2.19. The van der Waals surface area contributed by atoms with Crippen molar-refractivity contribution in [2.24, 2.45) is 0 Å². The second-order valence-electron chi connectivity index (χ2n) is 7.73. The maximum atomic E-state index is 12.7. The zero-order valence-corrected chi connectivity index (χ0v) is 18.4. The number of amides is 2. The highest BCUT2D eigenvalue weighted by molar-refractivity contribution is 5.97. The summed E-state index contributed by atoms with van der Waals surface area (Å²) in [4.78, 5) is 40.1. The van der Waals surface area contributed by atoms with Crippen LogP contribution in [0.4, 0.5) is 10.5 Å². The second kappa shape index (κ2) is 10.1. The molecule has 0 fully saturated rings. The molecule has 2 aromatic carbocycles. The molecule has 0 saturated heterocycles. The molecule has 1 aliphatic carbocycles. The van der Waals surface area contributed by atoms with Gasteiger partial charge in [0.15, 0.2) is 0 Å². The Hall–Kier alpha value is -4.24. The first-order valence-electron chi connectivity index (χ1n) is 10.6. The smallest absolute Gasteiger partial charge is 0.407 e. The Morgan fingerprint density at radius 2 is 1.68 bits per heavy atom. The number of fused-ring (bicyclic) bond motifs is 3. The highest BCUT2D eigenvalue weighted by atomic mass is 16.5. The van der Waals surface area contributed by atoms with E-state index in [0.29, 0.717) is 0 Å². The Kier molecular flexibility index (Phi) is 6.84. The van der Waals surface area contributed by atoms with Crippen molar-refractivity contribution >= 4 is 23.7 Å². The van der Waals surface area contributed by atoms with Gasteiger partial charge in [-0.05, 0) is 28.3 Å². The van der Waals surface area contributed by atoms with Crippen LogP contribution >= 0.6 is 0 Å². The number of anilines is 1. The minimum Gasteiger partial charge on any atom is -0.478 e. The molecule has 1 aromatic heterocycles. The molecule has 174 valence electrons. The van der Waals surface area contributed by atoms with Crippen LogP contribution in [0.5, 0.6) is 0 Å². The van der Waals surface area contributed by atoms with Crippen molar-refractivity contribution in [1.82, 2.24) is 10.3 Å². The molecule has 1 aliphatic rings. The SMILES string of the molecule is COCC(NC(=O)OCC1c2ccccc2-c2ccccc21)C(=O)Nc1cncc(C(=O)O)c1. The number of hydrogen-bond acceptors (Lipinski definition) is 6. The van der Waals surface area contributed by atoms with Crippen molar-refractivity contribution < 1.29 is 29.0 Å². The first-order valence-corrected chi connectivity index (χ1v) is 10.6. The third-order valence-electron chi connectivity index (χ3n) is 5.54. The van der Waals surface area contributed by atoms with E-state index in [4.69, 9.17) is 14.6 Å². The van der Waals surface area contributed by atoms with Gasteiger partial charge in [-0.25, -0.2) is 9.59 Å². The largest absolute Gasteiger partial charge is 0.478 e. The number of aromatic nitrogens is 1. The summed E-state index contributed by atoms with van der Waals surface area (Å²) in [7, 11) is 1.40. The molecule has 9 nitrogen and oxygen atoms in total. The predicted octanol–water partition coefficient (Wildman–Crippen LogP) is 3.27. The third-order valence-corrected chi connectivity index (χ3v) is 5.54. The summed E-state index contributed by atoms with van der Waals surface area (Å²) in [5, 5.41) is 14.1. The van der Waals surface area contributed by atoms with Crippen LogP contribution in [-0.4, -0.2) is 54.4 Å². The number of alkyl carbamates (subject to hydrolysis) is 1. The van der Waals surface area contributed by atoms with Gasteiger partial charge in [0.2, 0.25) is 5.91 Å². The Labute approximate surface area is 195 Å². The molecule has 2 amide bonds. The van der Waals surface area contributed by atoms with E-state index in [1.807, 2.05) is 48.5 Å². The minimum absolute atomic E-state index is 0.0782. The first kappa shape index (κ1) is 22.9. The van der Waals surface area contributed by atoms with E-state index in [1.165, 1.54) is 25.6 Å². The number of aromatic carboxylic acids is 1. The molecule has 0 saturated carbocycles. The molecule has 0 spiro atoms. The summed E-state index contributed by atoms with van der Waals surface area (Å²) in [6.45, 7) is -0.00611. The lowest BCUT2D eigenvalue weighted by Crippen LogP contribution is -2.47. The maximum absolute atomic E-state index is 12.7. The normalized spacial score (nSPS) is 12.9. The third kappa shape index (κ3) is 4.89. The number of rotatable bonds is 8. The molecule has 1 unspecified atom stereocenters. The van der Waals surface area contributed by atoms with Crippen molar-refractivity contribution in [3.8, 4) is 11.1 Å². The van der Waals surface area contributed by atoms with E-state index in [0.717, 1.165) is 22.3 Å². The number of nitrogens with zero attached hydrogens (tertiary/aromatic N) is 1. The monoisotopic (exact) mass is 461 g/mol. The van der Waals surface area contributed by atoms with Gasteiger partial charge in [-0.3, -0.25) is 9.78 Å². The van der Waals surface area contributed by atoms with Crippen LogP contribution < -0.4 is 10.6 Å². The van der Waals surface area contributed by atoms with E-state index < -0.39 is 24.0 Å². The Bertz CT molecular complexity index is 1180. The van der Waals surface area contributed by atoms with Crippen LogP contribution in [0.25, 0.3) is 11.1 Å². The van der Waals surface area contributed by atoms with E-state index in [-0.39, 0.29) is 30.4 Å². The zero-order chi connectivity index (χ0) is 24.1. The fourth-order valence-electron chi connectivity index (χ4n) is 3.99. The van der Waals surface area contributed by atoms with Gasteiger partial charge in [0, 0.05) is 19.2 Å². The topological polar surface area (TPSA) is 127 Å². The van der Waals surface area contributed by atoms with Gasteiger partial charge < -0.3 is 25.2 Å². The van der Waals surface area contributed by atoms with Gasteiger partial charge in [-0.15, -0.1) is 0 Å². The molecule has 0 bridgehead atoms.